The third-order valence-electron chi connectivity index (χ3n) is 4.45. The number of benzene rings is 2. The van der Waals surface area contributed by atoms with E-state index < -0.39 is 0 Å². The zero-order valence-electron chi connectivity index (χ0n) is 13.0. The molecule has 3 aromatic rings. The van der Waals surface area contributed by atoms with E-state index in [2.05, 4.69) is 33.2 Å². The molecular weight excluding hydrogens is 310 g/mol. The molecule has 23 heavy (non-hydrogen) atoms. The fourth-order valence-corrected chi connectivity index (χ4v) is 3.44. The van der Waals surface area contributed by atoms with Gasteiger partial charge in [0.15, 0.2) is 11.4 Å². The number of halogens is 1. The summed E-state index contributed by atoms with van der Waals surface area (Å²) in [4.78, 5) is 4.62. The first-order chi connectivity index (χ1) is 11.2. The Bertz CT molecular complexity index is 837. The van der Waals surface area contributed by atoms with Gasteiger partial charge < -0.3 is 14.3 Å². The molecule has 0 radical (unpaired) electrons. The first-order valence-electron chi connectivity index (χ1n) is 7.83. The molecule has 0 atom stereocenters. The fourth-order valence-electron chi connectivity index (χ4n) is 3.18. The summed E-state index contributed by atoms with van der Waals surface area (Å²) in [5.74, 6) is 0.947. The molecule has 0 unspecified atom stereocenters. The molecule has 118 valence electrons. The molecule has 0 N–H and O–H groups in total. The van der Waals surface area contributed by atoms with Gasteiger partial charge in [0, 0.05) is 26.2 Å². The zero-order chi connectivity index (χ0) is 15.8. The highest BCUT2D eigenvalue weighted by molar-refractivity contribution is 6.33. The Morgan fingerprint density at radius 2 is 1.70 bits per heavy atom. The fraction of sp³-hybridized carbons (Fsp3) is 0.278. The van der Waals surface area contributed by atoms with Gasteiger partial charge in [-0.25, -0.2) is 0 Å². The van der Waals surface area contributed by atoms with Crippen LogP contribution < -0.4 is 9.80 Å². The third-order valence-corrected chi connectivity index (χ3v) is 4.77. The van der Waals surface area contributed by atoms with Crippen LogP contribution in [0.2, 0.25) is 5.02 Å². The smallest absolute Gasteiger partial charge is 0.180 e. The lowest BCUT2D eigenvalue weighted by Crippen LogP contribution is -2.46. The van der Waals surface area contributed by atoms with E-state index in [1.165, 1.54) is 0 Å². The largest absolute Gasteiger partial charge is 0.367 e. The Labute approximate surface area is 140 Å². The van der Waals surface area contributed by atoms with E-state index in [4.69, 9.17) is 16.1 Å². The summed E-state index contributed by atoms with van der Waals surface area (Å²) in [6, 6.07) is 14.2. The molecule has 5 heteroatoms. The summed E-state index contributed by atoms with van der Waals surface area (Å²) in [5.41, 5.74) is 3.11. The Morgan fingerprint density at radius 1 is 0.957 bits per heavy atom. The summed E-state index contributed by atoms with van der Waals surface area (Å²) in [6.07, 6.45) is 0. The van der Waals surface area contributed by atoms with Crippen LogP contribution in [-0.4, -0.2) is 31.3 Å². The maximum atomic E-state index is 6.31. The van der Waals surface area contributed by atoms with Gasteiger partial charge in [-0.15, -0.1) is 0 Å². The van der Waals surface area contributed by atoms with Gasteiger partial charge in [0.05, 0.1) is 16.1 Å². The SMILES string of the molecule is Cc1cccc2c(N3CCN(c4ccccc4Cl)CC3)noc12. The molecule has 1 aliphatic heterocycles. The quantitative estimate of drug-likeness (QED) is 0.709. The van der Waals surface area contributed by atoms with Crippen LogP contribution >= 0.6 is 11.6 Å². The van der Waals surface area contributed by atoms with Gasteiger partial charge in [-0.3, -0.25) is 0 Å². The lowest BCUT2D eigenvalue weighted by molar-refractivity contribution is 0.451. The van der Waals surface area contributed by atoms with Crippen LogP contribution in [0.1, 0.15) is 5.56 Å². The average molecular weight is 328 g/mol. The van der Waals surface area contributed by atoms with E-state index in [9.17, 15) is 0 Å². The molecule has 4 rings (SSSR count). The number of rotatable bonds is 2. The predicted molar refractivity (Wildman–Crippen MR) is 94.6 cm³/mol. The highest BCUT2D eigenvalue weighted by atomic mass is 35.5. The second kappa shape index (κ2) is 5.78. The molecule has 1 saturated heterocycles. The lowest BCUT2D eigenvalue weighted by atomic mass is 10.1. The normalized spacial score (nSPS) is 15.4. The average Bonchev–Trinajstić information content (AvgIpc) is 3.01. The van der Waals surface area contributed by atoms with Gasteiger partial charge in [0.25, 0.3) is 0 Å². The number of hydrogen-bond acceptors (Lipinski definition) is 4. The van der Waals surface area contributed by atoms with Crippen LogP contribution in [0, 0.1) is 6.92 Å². The number of anilines is 2. The van der Waals surface area contributed by atoms with Gasteiger partial charge in [0.2, 0.25) is 0 Å². The summed E-state index contributed by atoms with van der Waals surface area (Å²) in [5, 5.41) is 6.20. The predicted octanol–water partition coefficient (Wildman–Crippen LogP) is 4.12. The minimum atomic E-state index is 0.809. The number of piperazine rings is 1. The van der Waals surface area contributed by atoms with Crippen LogP contribution in [0.5, 0.6) is 0 Å². The Hall–Kier alpha value is -2.20. The van der Waals surface area contributed by atoms with Crippen molar-refractivity contribution < 1.29 is 4.52 Å². The maximum Gasteiger partial charge on any atom is 0.180 e. The Kier molecular flexibility index (Phi) is 3.62. The van der Waals surface area contributed by atoms with Crippen molar-refractivity contribution >= 4 is 34.1 Å². The van der Waals surface area contributed by atoms with Gasteiger partial charge in [0.1, 0.15) is 0 Å². The summed E-state index contributed by atoms with van der Waals surface area (Å²) < 4.78 is 5.54. The minimum Gasteiger partial charge on any atom is -0.367 e. The topological polar surface area (TPSA) is 32.5 Å². The van der Waals surface area contributed by atoms with E-state index >= 15 is 0 Å². The van der Waals surface area contributed by atoms with Crippen LogP contribution in [0.4, 0.5) is 11.5 Å². The molecule has 0 amide bonds. The molecule has 2 aromatic carbocycles. The van der Waals surface area contributed by atoms with Crippen LogP contribution in [0.25, 0.3) is 11.0 Å². The molecule has 0 saturated carbocycles. The molecule has 0 bridgehead atoms. The van der Waals surface area contributed by atoms with E-state index in [1.54, 1.807) is 0 Å². The molecule has 1 fully saturated rings. The standard InChI is InChI=1S/C18H18ClN3O/c1-13-5-4-6-14-17(13)23-20-18(14)22-11-9-21(10-12-22)16-8-3-2-7-15(16)19/h2-8H,9-12H2,1H3. The van der Waals surface area contributed by atoms with Crippen molar-refractivity contribution in [2.75, 3.05) is 36.0 Å². The molecular formula is C18H18ClN3O. The molecule has 1 aromatic heterocycles. The third kappa shape index (κ3) is 2.53. The van der Waals surface area contributed by atoms with Crippen LogP contribution in [-0.2, 0) is 0 Å². The van der Waals surface area contributed by atoms with Gasteiger partial charge in [-0.05, 0) is 30.7 Å². The van der Waals surface area contributed by atoms with Crippen molar-refractivity contribution in [3.05, 3.63) is 53.1 Å². The van der Waals surface area contributed by atoms with E-state index in [0.717, 1.165) is 59.2 Å². The van der Waals surface area contributed by atoms with Crippen molar-refractivity contribution in [3.8, 4) is 0 Å². The molecule has 0 aliphatic carbocycles. The highest BCUT2D eigenvalue weighted by Gasteiger charge is 2.23. The van der Waals surface area contributed by atoms with E-state index in [0.29, 0.717) is 0 Å². The number of nitrogens with zero attached hydrogens (tertiary/aromatic N) is 3. The van der Waals surface area contributed by atoms with E-state index in [1.807, 2.05) is 31.2 Å². The van der Waals surface area contributed by atoms with Crippen LogP contribution in [0.3, 0.4) is 0 Å². The first kappa shape index (κ1) is 14.4. The van der Waals surface area contributed by atoms with Gasteiger partial charge in [-0.2, -0.15) is 0 Å². The highest BCUT2D eigenvalue weighted by Crippen LogP contribution is 2.31. The van der Waals surface area contributed by atoms with Crippen molar-refractivity contribution in [3.63, 3.8) is 0 Å². The van der Waals surface area contributed by atoms with Crippen molar-refractivity contribution in [2.45, 2.75) is 6.92 Å². The van der Waals surface area contributed by atoms with Gasteiger partial charge >= 0.3 is 0 Å². The Balaban J connectivity index is 1.55. The zero-order valence-corrected chi connectivity index (χ0v) is 13.8. The second-order valence-electron chi connectivity index (χ2n) is 5.88. The number of fused-ring (bicyclic) bond motifs is 1. The molecule has 1 aliphatic rings. The Morgan fingerprint density at radius 3 is 2.48 bits per heavy atom. The number of hydrogen-bond donors (Lipinski definition) is 0. The van der Waals surface area contributed by atoms with E-state index in [-0.39, 0.29) is 0 Å². The van der Waals surface area contributed by atoms with Crippen molar-refractivity contribution in [1.29, 1.82) is 0 Å². The second-order valence-corrected chi connectivity index (χ2v) is 6.29. The van der Waals surface area contributed by atoms with Crippen molar-refractivity contribution in [1.82, 2.24) is 5.16 Å². The molecule has 2 heterocycles. The lowest BCUT2D eigenvalue weighted by Gasteiger charge is -2.36. The number of aromatic nitrogens is 1. The first-order valence-corrected chi connectivity index (χ1v) is 8.21. The van der Waals surface area contributed by atoms with Gasteiger partial charge in [-0.1, -0.05) is 41.0 Å². The minimum absolute atomic E-state index is 0.809. The molecule has 4 nitrogen and oxygen atoms in total. The monoisotopic (exact) mass is 327 g/mol. The number of aryl methyl sites for hydroxylation is 1. The van der Waals surface area contributed by atoms with Crippen LogP contribution in [0.15, 0.2) is 47.0 Å². The molecule has 0 spiro atoms. The summed E-state index contributed by atoms with van der Waals surface area (Å²) in [6.45, 7) is 5.70. The maximum absolute atomic E-state index is 6.31. The van der Waals surface area contributed by atoms with Crippen molar-refractivity contribution in [2.24, 2.45) is 0 Å². The number of para-hydroxylation sites is 2. The summed E-state index contributed by atoms with van der Waals surface area (Å²) >= 11 is 6.31. The summed E-state index contributed by atoms with van der Waals surface area (Å²) in [7, 11) is 0.